The van der Waals surface area contributed by atoms with Gasteiger partial charge >= 0.3 is 0 Å². The molecule has 0 N–H and O–H groups in total. The van der Waals surface area contributed by atoms with Gasteiger partial charge in [-0.25, -0.2) is 4.39 Å². The van der Waals surface area contributed by atoms with E-state index in [-0.39, 0.29) is 11.5 Å². The average Bonchev–Trinajstić information content (AvgIpc) is 2.70. The van der Waals surface area contributed by atoms with E-state index in [1.54, 1.807) is 24.3 Å². The van der Waals surface area contributed by atoms with Gasteiger partial charge in [0.15, 0.2) is 0 Å². The third-order valence-corrected chi connectivity index (χ3v) is 4.61. The van der Waals surface area contributed by atoms with Gasteiger partial charge < -0.3 is 0 Å². The fraction of sp³-hybridized carbons (Fsp3) is 0.136. The van der Waals surface area contributed by atoms with Gasteiger partial charge in [-0.3, -0.25) is 10.1 Å². The van der Waals surface area contributed by atoms with Crippen LogP contribution in [-0.2, 0) is 18.3 Å². The van der Waals surface area contributed by atoms with Gasteiger partial charge in [0.25, 0.3) is 5.69 Å². The predicted octanol–water partition coefficient (Wildman–Crippen LogP) is 4.98. The van der Waals surface area contributed by atoms with Crippen molar-refractivity contribution in [2.45, 2.75) is 18.3 Å². The van der Waals surface area contributed by atoms with Crippen molar-refractivity contribution < 1.29 is 9.31 Å². The molecule has 0 aliphatic rings. The van der Waals surface area contributed by atoms with Crippen LogP contribution in [0.15, 0.2) is 78.9 Å². The van der Waals surface area contributed by atoms with Gasteiger partial charge in [-0.15, -0.1) is 0 Å². The number of rotatable bonds is 6. The van der Waals surface area contributed by atoms with E-state index in [1.165, 1.54) is 24.3 Å². The smallest absolute Gasteiger partial charge is 0.258 e. The van der Waals surface area contributed by atoms with E-state index in [1.807, 2.05) is 30.3 Å². The van der Waals surface area contributed by atoms with Crippen LogP contribution in [0.25, 0.3) is 0 Å². The number of hydrogen-bond acceptors (Lipinski definition) is 3. The number of benzene rings is 3. The molecule has 4 nitrogen and oxygen atoms in total. The summed E-state index contributed by atoms with van der Waals surface area (Å²) >= 11 is 0. The highest BCUT2D eigenvalue weighted by atomic mass is 19.1. The Morgan fingerprint density at radius 1 is 0.889 bits per heavy atom. The second kappa shape index (κ2) is 7.79. The number of non-ortho nitro benzene ring substituents is 1. The molecule has 0 amide bonds. The first-order chi connectivity index (χ1) is 13.0. The van der Waals surface area contributed by atoms with E-state index in [0.717, 1.165) is 11.1 Å². The van der Waals surface area contributed by atoms with Gasteiger partial charge in [0.1, 0.15) is 5.82 Å². The molecule has 0 saturated carbocycles. The van der Waals surface area contributed by atoms with Gasteiger partial charge in [-0.2, -0.15) is 5.26 Å². The molecule has 3 aromatic carbocycles. The largest absolute Gasteiger partial charge is 0.269 e. The molecule has 0 aliphatic carbocycles. The van der Waals surface area contributed by atoms with Crippen molar-refractivity contribution in [3.8, 4) is 6.07 Å². The van der Waals surface area contributed by atoms with E-state index in [2.05, 4.69) is 6.07 Å². The maximum absolute atomic E-state index is 13.3. The van der Waals surface area contributed by atoms with Crippen LogP contribution in [0.2, 0.25) is 0 Å². The number of nitriles is 1. The molecule has 134 valence electrons. The fourth-order valence-electron chi connectivity index (χ4n) is 3.21. The molecule has 0 spiro atoms. The topological polar surface area (TPSA) is 66.9 Å². The standard InChI is InChI=1S/C22H17FN2O2/c23-20-10-6-18(7-11-20)15-22(16-24,14-17-4-2-1-3-5-17)19-8-12-21(13-9-19)25(26)27/h1-13H,14-15H2. The molecule has 0 fully saturated rings. The number of nitrogens with zero attached hydrogens (tertiary/aromatic N) is 2. The summed E-state index contributed by atoms with van der Waals surface area (Å²) in [7, 11) is 0. The summed E-state index contributed by atoms with van der Waals surface area (Å²) in [6, 6.07) is 24.2. The highest BCUT2D eigenvalue weighted by Gasteiger charge is 2.33. The molecule has 0 radical (unpaired) electrons. The summed E-state index contributed by atoms with van der Waals surface area (Å²) in [5, 5.41) is 21.1. The van der Waals surface area contributed by atoms with Crippen LogP contribution in [0.5, 0.6) is 0 Å². The second-order valence-electron chi connectivity index (χ2n) is 6.46. The lowest BCUT2D eigenvalue weighted by Crippen LogP contribution is -2.30. The van der Waals surface area contributed by atoms with E-state index < -0.39 is 10.3 Å². The van der Waals surface area contributed by atoms with Crippen molar-refractivity contribution in [3.05, 3.63) is 111 Å². The normalized spacial score (nSPS) is 12.7. The van der Waals surface area contributed by atoms with Gasteiger partial charge in [-0.05, 0) is 41.7 Å². The first-order valence-electron chi connectivity index (χ1n) is 8.47. The van der Waals surface area contributed by atoms with Crippen molar-refractivity contribution in [1.29, 1.82) is 5.26 Å². The molecule has 5 heteroatoms. The van der Waals surface area contributed by atoms with E-state index in [4.69, 9.17) is 0 Å². The Hall–Kier alpha value is -3.52. The average molecular weight is 360 g/mol. The van der Waals surface area contributed by atoms with Gasteiger partial charge in [-0.1, -0.05) is 54.6 Å². The number of nitro groups is 1. The minimum absolute atomic E-state index is 0.0212. The highest BCUT2D eigenvalue weighted by Crippen LogP contribution is 2.33. The zero-order valence-corrected chi connectivity index (χ0v) is 14.5. The van der Waals surface area contributed by atoms with Crippen LogP contribution in [0, 0.1) is 27.3 Å². The minimum Gasteiger partial charge on any atom is -0.258 e. The molecule has 0 saturated heterocycles. The van der Waals surface area contributed by atoms with E-state index >= 15 is 0 Å². The first-order valence-corrected chi connectivity index (χ1v) is 8.47. The number of halogens is 1. The molecule has 0 aliphatic heterocycles. The number of nitro benzene ring substituents is 1. The van der Waals surface area contributed by atoms with Crippen molar-refractivity contribution in [2.75, 3.05) is 0 Å². The van der Waals surface area contributed by atoms with Crippen LogP contribution in [0.3, 0.4) is 0 Å². The summed E-state index contributed by atoms with van der Waals surface area (Å²) in [5.41, 5.74) is 1.57. The lowest BCUT2D eigenvalue weighted by atomic mass is 9.72. The molecule has 0 aromatic heterocycles. The molecular formula is C22H17FN2O2. The monoisotopic (exact) mass is 360 g/mol. The SMILES string of the molecule is N#CC(Cc1ccccc1)(Cc1ccc(F)cc1)c1ccc([N+](=O)[O-])cc1. The predicted molar refractivity (Wildman–Crippen MR) is 101 cm³/mol. The summed E-state index contributed by atoms with van der Waals surface area (Å²) < 4.78 is 13.3. The molecule has 0 bridgehead atoms. The molecule has 3 rings (SSSR count). The Kier molecular flexibility index (Phi) is 5.28. The molecule has 0 heterocycles. The first kappa shape index (κ1) is 18.3. The third-order valence-electron chi connectivity index (χ3n) is 4.61. The molecule has 1 atom stereocenters. The Morgan fingerprint density at radius 3 is 1.96 bits per heavy atom. The Labute approximate surface area is 156 Å². The molecule has 27 heavy (non-hydrogen) atoms. The van der Waals surface area contributed by atoms with Crippen LogP contribution in [0.1, 0.15) is 16.7 Å². The van der Waals surface area contributed by atoms with Gasteiger partial charge in [0, 0.05) is 12.1 Å². The van der Waals surface area contributed by atoms with Gasteiger partial charge in [0.2, 0.25) is 0 Å². The van der Waals surface area contributed by atoms with Crippen LogP contribution in [0.4, 0.5) is 10.1 Å². The maximum atomic E-state index is 13.3. The molecule has 1 unspecified atom stereocenters. The van der Waals surface area contributed by atoms with Crippen molar-refractivity contribution in [1.82, 2.24) is 0 Å². The second-order valence-corrected chi connectivity index (χ2v) is 6.46. The van der Waals surface area contributed by atoms with E-state index in [0.29, 0.717) is 18.4 Å². The van der Waals surface area contributed by atoms with Crippen LogP contribution < -0.4 is 0 Å². The van der Waals surface area contributed by atoms with Gasteiger partial charge in [0.05, 0.1) is 16.4 Å². The zero-order valence-electron chi connectivity index (χ0n) is 14.5. The minimum atomic E-state index is -0.922. The van der Waals surface area contributed by atoms with Crippen LogP contribution in [-0.4, -0.2) is 4.92 Å². The number of hydrogen-bond donors (Lipinski definition) is 0. The van der Waals surface area contributed by atoms with Crippen molar-refractivity contribution in [3.63, 3.8) is 0 Å². The van der Waals surface area contributed by atoms with E-state index in [9.17, 15) is 19.8 Å². The van der Waals surface area contributed by atoms with Crippen molar-refractivity contribution in [2.24, 2.45) is 0 Å². The zero-order chi connectivity index (χ0) is 19.3. The van der Waals surface area contributed by atoms with Crippen LogP contribution >= 0.6 is 0 Å². The third kappa shape index (κ3) is 4.18. The lowest BCUT2D eigenvalue weighted by molar-refractivity contribution is -0.384. The quantitative estimate of drug-likeness (QED) is 0.460. The Balaban J connectivity index is 2.04. The Bertz CT molecular complexity index is 964. The van der Waals surface area contributed by atoms with Crippen molar-refractivity contribution >= 4 is 5.69 Å². The summed E-state index contributed by atoms with van der Waals surface area (Å²) in [6.45, 7) is 0. The molecular weight excluding hydrogens is 343 g/mol. The fourth-order valence-corrected chi connectivity index (χ4v) is 3.21. The Morgan fingerprint density at radius 2 is 1.44 bits per heavy atom. The summed E-state index contributed by atoms with van der Waals surface area (Å²) in [5.74, 6) is -0.334. The highest BCUT2D eigenvalue weighted by molar-refractivity contribution is 5.43. The maximum Gasteiger partial charge on any atom is 0.269 e. The summed E-state index contributed by atoms with van der Waals surface area (Å²) in [6.07, 6.45) is 0.815. The molecule has 3 aromatic rings. The lowest BCUT2D eigenvalue weighted by Gasteiger charge is -2.28. The summed E-state index contributed by atoms with van der Waals surface area (Å²) in [4.78, 5) is 10.5.